The first kappa shape index (κ1) is 20.3. The molecule has 9 heteroatoms. The van der Waals surface area contributed by atoms with Crippen molar-refractivity contribution in [3.8, 4) is 5.75 Å². The number of ether oxygens (including phenoxy) is 1. The fourth-order valence-electron chi connectivity index (χ4n) is 3.69. The van der Waals surface area contributed by atoms with Gasteiger partial charge in [-0.2, -0.15) is 0 Å². The molecule has 158 valence electrons. The van der Waals surface area contributed by atoms with Gasteiger partial charge in [-0.1, -0.05) is 6.07 Å². The van der Waals surface area contributed by atoms with Gasteiger partial charge in [-0.05, 0) is 48.4 Å². The Morgan fingerprint density at radius 1 is 1.03 bits per heavy atom. The van der Waals surface area contributed by atoms with Crippen molar-refractivity contribution >= 4 is 29.5 Å². The molecule has 5 amide bonds. The maximum Gasteiger partial charge on any atom is 0.258 e. The molecule has 1 atom stereocenters. The maximum atomic E-state index is 12.9. The second-order valence-corrected chi connectivity index (χ2v) is 7.28. The van der Waals surface area contributed by atoms with Gasteiger partial charge in [0.1, 0.15) is 11.8 Å². The lowest BCUT2D eigenvalue weighted by molar-refractivity contribution is -0.136. The second kappa shape index (κ2) is 8.02. The lowest BCUT2D eigenvalue weighted by Crippen LogP contribution is -2.52. The minimum atomic E-state index is -0.730. The summed E-state index contributed by atoms with van der Waals surface area (Å²) in [5, 5.41) is 4.54. The number of carbonyl (C=O) groups is 5. The number of nitrogens with one attached hydrogen (secondary N) is 2. The van der Waals surface area contributed by atoms with Gasteiger partial charge < -0.3 is 9.64 Å². The molecule has 9 nitrogen and oxygen atoms in total. The van der Waals surface area contributed by atoms with Gasteiger partial charge in [0.25, 0.3) is 17.7 Å². The number of benzene rings is 2. The number of piperidine rings is 1. The van der Waals surface area contributed by atoms with Gasteiger partial charge in [0.05, 0.1) is 7.11 Å². The molecule has 2 aromatic carbocycles. The molecule has 0 aliphatic carbocycles. The topological polar surface area (TPSA) is 122 Å². The number of fused-ring (bicyclic) bond motifs is 1. The number of nitrogens with zero attached hydrogens (tertiary/aromatic N) is 1. The number of methoxy groups -OCH3 is 1. The van der Waals surface area contributed by atoms with Crippen LogP contribution in [0, 0.1) is 0 Å². The van der Waals surface area contributed by atoms with Gasteiger partial charge in [0, 0.05) is 29.7 Å². The number of carbonyl (C=O) groups excluding carboxylic acids is 5. The van der Waals surface area contributed by atoms with E-state index in [1.54, 1.807) is 18.2 Å². The standard InChI is InChI=1S/C22H19N3O6/c1-31-15-6-4-12(5-7-15)19(27)24-20(28)13-2-3-14-11-25(22(30)16(14)10-13)17-8-9-18(26)23-21(17)29/h2-7,10,17H,8-9,11H2,1H3,(H,23,26,29)(H,24,27,28). The number of hydrogen-bond acceptors (Lipinski definition) is 6. The van der Waals surface area contributed by atoms with Gasteiger partial charge in [-0.25, -0.2) is 0 Å². The summed E-state index contributed by atoms with van der Waals surface area (Å²) >= 11 is 0. The SMILES string of the molecule is COc1ccc(C(=O)NC(=O)c2ccc3c(c2)C(=O)N(C2CCC(=O)NC2=O)C3)cc1. The molecule has 2 aliphatic rings. The van der Waals surface area contributed by atoms with E-state index >= 15 is 0 Å². The summed E-state index contributed by atoms with van der Waals surface area (Å²) in [5.74, 6) is -1.88. The van der Waals surface area contributed by atoms with Gasteiger partial charge in [-0.3, -0.25) is 34.6 Å². The number of hydrogen-bond donors (Lipinski definition) is 2. The quantitative estimate of drug-likeness (QED) is 0.711. The van der Waals surface area contributed by atoms with E-state index in [0.29, 0.717) is 16.9 Å². The van der Waals surface area contributed by atoms with Gasteiger partial charge in [0.2, 0.25) is 11.8 Å². The normalized spacial score (nSPS) is 17.8. The molecule has 2 aliphatic heterocycles. The van der Waals surface area contributed by atoms with Gasteiger partial charge in [-0.15, -0.1) is 0 Å². The summed E-state index contributed by atoms with van der Waals surface area (Å²) in [5.41, 5.74) is 1.41. The van der Waals surface area contributed by atoms with Crippen LogP contribution in [0.1, 0.15) is 49.5 Å². The molecule has 1 unspecified atom stereocenters. The van der Waals surface area contributed by atoms with E-state index in [9.17, 15) is 24.0 Å². The summed E-state index contributed by atoms with van der Waals surface area (Å²) in [7, 11) is 1.51. The molecule has 2 N–H and O–H groups in total. The predicted octanol–water partition coefficient (Wildman–Crippen LogP) is 1.03. The van der Waals surface area contributed by atoms with Crippen molar-refractivity contribution in [1.29, 1.82) is 0 Å². The third kappa shape index (κ3) is 3.89. The molecule has 0 bridgehead atoms. The lowest BCUT2D eigenvalue weighted by atomic mass is 10.0. The van der Waals surface area contributed by atoms with Crippen LogP contribution in [0.25, 0.3) is 0 Å². The minimum Gasteiger partial charge on any atom is -0.497 e. The Hall–Kier alpha value is -4.01. The zero-order chi connectivity index (χ0) is 22.1. The second-order valence-electron chi connectivity index (χ2n) is 7.28. The Labute approximate surface area is 177 Å². The van der Waals surface area contributed by atoms with Crippen LogP contribution in [0.4, 0.5) is 0 Å². The number of amides is 5. The van der Waals surface area contributed by atoms with Crippen LogP contribution in [0.5, 0.6) is 5.75 Å². The van der Waals surface area contributed by atoms with Crippen molar-refractivity contribution in [2.45, 2.75) is 25.4 Å². The van der Waals surface area contributed by atoms with Crippen molar-refractivity contribution in [2.75, 3.05) is 7.11 Å². The highest BCUT2D eigenvalue weighted by atomic mass is 16.5. The molecule has 0 aromatic heterocycles. The Morgan fingerprint density at radius 2 is 1.71 bits per heavy atom. The summed E-state index contributed by atoms with van der Waals surface area (Å²) < 4.78 is 5.04. The van der Waals surface area contributed by atoms with Crippen molar-refractivity contribution in [1.82, 2.24) is 15.5 Å². The third-order valence-electron chi connectivity index (χ3n) is 5.37. The van der Waals surface area contributed by atoms with Crippen LogP contribution in [0.2, 0.25) is 0 Å². The monoisotopic (exact) mass is 421 g/mol. The zero-order valence-corrected chi connectivity index (χ0v) is 16.6. The van der Waals surface area contributed by atoms with Crippen LogP contribution in [0.15, 0.2) is 42.5 Å². The summed E-state index contributed by atoms with van der Waals surface area (Å²) in [6.45, 7) is 0.215. The molecule has 1 saturated heterocycles. The molecule has 2 aromatic rings. The van der Waals surface area contributed by atoms with Crippen molar-refractivity contribution in [2.24, 2.45) is 0 Å². The Bertz CT molecular complexity index is 1110. The number of rotatable bonds is 4. The van der Waals surface area contributed by atoms with Crippen molar-refractivity contribution in [3.05, 3.63) is 64.7 Å². The molecule has 1 fully saturated rings. The minimum absolute atomic E-state index is 0.152. The summed E-state index contributed by atoms with van der Waals surface area (Å²) in [6, 6.07) is 10.1. The molecule has 4 rings (SSSR count). The molecular formula is C22H19N3O6. The average Bonchev–Trinajstić information content (AvgIpc) is 3.09. The molecule has 0 radical (unpaired) electrons. The van der Waals surface area contributed by atoms with Gasteiger partial charge >= 0.3 is 0 Å². The first-order valence-electron chi connectivity index (χ1n) is 9.64. The average molecular weight is 421 g/mol. The fraction of sp³-hybridized carbons (Fsp3) is 0.227. The van der Waals surface area contributed by atoms with Crippen molar-refractivity contribution in [3.63, 3.8) is 0 Å². The molecular weight excluding hydrogens is 402 g/mol. The highest BCUT2D eigenvalue weighted by molar-refractivity contribution is 6.12. The predicted molar refractivity (Wildman–Crippen MR) is 107 cm³/mol. The molecule has 2 heterocycles. The van der Waals surface area contributed by atoms with E-state index in [1.165, 1.54) is 36.3 Å². The molecule has 0 saturated carbocycles. The highest BCUT2D eigenvalue weighted by Crippen LogP contribution is 2.28. The van der Waals surface area contributed by atoms with Gasteiger partial charge in [0.15, 0.2) is 0 Å². The van der Waals surface area contributed by atoms with E-state index in [1.807, 2.05) is 0 Å². The Kier molecular flexibility index (Phi) is 5.24. The van der Waals surface area contributed by atoms with E-state index < -0.39 is 23.8 Å². The Balaban J connectivity index is 1.48. The van der Waals surface area contributed by atoms with E-state index in [4.69, 9.17) is 4.74 Å². The third-order valence-corrected chi connectivity index (χ3v) is 5.37. The first-order chi connectivity index (χ1) is 14.9. The molecule has 31 heavy (non-hydrogen) atoms. The zero-order valence-electron chi connectivity index (χ0n) is 16.6. The van der Waals surface area contributed by atoms with E-state index in [2.05, 4.69) is 10.6 Å². The van der Waals surface area contributed by atoms with Crippen LogP contribution in [-0.2, 0) is 16.1 Å². The fourth-order valence-corrected chi connectivity index (χ4v) is 3.69. The van der Waals surface area contributed by atoms with Crippen LogP contribution in [0.3, 0.4) is 0 Å². The van der Waals surface area contributed by atoms with E-state index in [0.717, 1.165) is 0 Å². The van der Waals surface area contributed by atoms with Crippen LogP contribution in [-0.4, -0.2) is 47.6 Å². The molecule has 0 spiro atoms. The smallest absolute Gasteiger partial charge is 0.258 e. The highest BCUT2D eigenvalue weighted by Gasteiger charge is 2.39. The summed E-state index contributed by atoms with van der Waals surface area (Å²) in [4.78, 5) is 62.6. The van der Waals surface area contributed by atoms with Crippen LogP contribution >= 0.6 is 0 Å². The van der Waals surface area contributed by atoms with Crippen molar-refractivity contribution < 1.29 is 28.7 Å². The van der Waals surface area contributed by atoms with E-state index in [-0.39, 0.29) is 42.3 Å². The van der Waals surface area contributed by atoms with Crippen LogP contribution < -0.4 is 15.4 Å². The largest absolute Gasteiger partial charge is 0.497 e. The first-order valence-corrected chi connectivity index (χ1v) is 9.64. The maximum absolute atomic E-state index is 12.9. The lowest BCUT2D eigenvalue weighted by Gasteiger charge is -2.29. The number of imide groups is 2. The summed E-state index contributed by atoms with van der Waals surface area (Å²) in [6.07, 6.45) is 0.422. The Morgan fingerprint density at radius 3 is 2.39 bits per heavy atom.